The number of aliphatic imine (C=N–C) groups is 1. The van der Waals surface area contributed by atoms with Gasteiger partial charge >= 0.3 is 0 Å². The highest BCUT2D eigenvalue weighted by Crippen LogP contribution is 2.17. The lowest BCUT2D eigenvalue weighted by molar-refractivity contribution is 0.372. The van der Waals surface area contributed by atoms with Crippen LogP contribution in [0.2, 0.25) is 0 Å². The summed E-state index contributed by atoms with van der Waals surface area (Å²) in [4.78, 5) is 8.94. The zero-order valence-electron chi connectivity index (χ0n) is 16.5. The number of ether oxygens (including phenoxy) is 1. The Bertz CT molecular complexity index is 703. The monoisotopic (exact) mass is 487 g/mol. The summed E-state index contributed by atoms with van der Waals surface area (Å²) in [7, 11) is 1.69. The van der Waals surface area contributed by atoms with Gasteiger partial charge in [-0.05, 0) is 25.0 Å². The Morgan fingerprint density at radius 3 is 2.67 bits per heavy atom. The standard InChI is InChI=1S/C19H29N5O2.HI/c1-5-20-19(21-12-10-15-8-6-7-9-16(15)25-4)22-13-11-17-23-18(14(2)3)24-26-17;/h6-9,14H,5,10-13H2,1-4H3,(H2,20,21,22);1H. The number of methoxy groups -OCH3 is 1. The second kappa shape index (κ2) is 12.5. The van der Waals surface area contributed by atoms with Crippen LogP contribution >= 0.6 is 24.0 Å². The van der Waals surface area contributed by atoms with Crippen molar-refractivity contribution in [2.75, 3.05) is 26.7 Å². The van der Waals surface area contributed by atoms with Crippen LogP contribution in [0.25, 0.3) is 0 Å². The molecule has 0 aliphatic heterocycles. The molecule has 27 heavy (non-hydrogen) atoms. The first kappa shape index (κ1) is 23.2. The number of rotatable bonds is 9. The van der Waals surface area contributed by atoms with Crippen molar-refractivity contribution in [1.29, 1.82) is 0 Å². The van der Waals surface area contributed by atoms with Crippen LogP contribution < -0.4 is 15.4 Å². The van der Waals surface area contributed by atoms with Gasteiger partial charge in [-0.3, -0.25) is 4.99 Å². The molecule has 0 fully saturated rings. The zero-order valence-corrected chi connectivity index (χ0v) is 18.8. The van der Waals surface area contributed by atoms with Gasteiger partial charge < -0.3 is 19.9 Å². The molecule has 2 aromatic rings. The van der Waals surface area contributed by atoms with Crippen LogP contribution in [0, 0.1) is 0 Å². The number of aromatic nitrogens is 2. The highest BCUT2D eigenvalue weighted by atomic mass is 127. The third-order valence-electron chi connectivity index (χ3n) is 3.82. The van der Waals surface area contributed by atoms with Gasteiger partial charge in [0.15, 0.2) is 11.8 Å². The predicted octanol–water partition coefficient (Wildman–Crippen LogP) is 3.16. The quantitative estimate of drug-likeness (QED) is 0.321. The van der Waals surface area contributed by atoms with Crippen LogP contribution in [0.4, 0.5) is 0 Å². The minimum Gasteiger partial charge on any atom is -0.496 e. The largest absolute Gasteiger partial charge is 0.496 e. The average Bonchev–Trinajstić information content (AvgIpc) is 3.11. The van der Waals surface area contributed by atoms with Crippen molar-refractivity contribution in [3.05, 3.63) is 41.5 Å². The second-order valence-corrected chi connectivity index (χ2v) is 6.20. The predicted molar refractivity (Wildman–Crippen MR) is 118 cm³/mol. The Morgan fingerprint density at radius 2 is 2.00 bits per heavy atom. The number of nitrogens with one attached hydrogen (secondary N) is 2. The first-order chi connectivity index (χ1) is 12.6. The number of hydrogen-bond donors (Lipinski definition) is 2. The van der Waals surface area contributed by atoms with Crippen LogP contribution in [-0.2, 0) is 12.8 Å². The van der Waals surface area contributed by atoms with Gasteiger partial charge in [0, 0.05) is 25.4 Å². The molecule has 150 valence electrons. The molecule has 0 aliphatic carbocycles. The molecule has 0 unspecified atom stereocenters. The Hall–Kier alpha value is -1.84. The lowest BCUT2D eigenvalue weighted by Crippen LogP contribution is -2.38. The van der Waals surface area contributed by atoms with E-state index in [1.54, 1.807) is 7.11 Å². The van der Waals surface area contributed by atoms with Crippen molar-refractivity contribution in [3.63, 3.8) is 0 Å². The van der Waals surface area contributed by atoms with E-state index in [1.165, 1.54) is 5.56 Å². The molecule has 0 atom stereocenters. The minimum absolute atomic E-state index is 0. The van der Waals surface area contributed by atoms with Crippen molar-refractivity contribution in [3.8, 4) is 5.75 Å². The SMILES string of the molecule is CCNC(=NCCc1nc(C(C)C)no1)NCCc1ccccc1OC.I. The molecule has 0 bridgehead atoms. The van der Waals surface area contributed by atoms with Gasteiger partial charge in [-0.15, -0.1) is 24.0 Å². The molecule has 0 spiro atoms. The lowest BCUT2D eigenvalue weighted by atomic mass is 10.1. The van der Waals surface area contributed by atoms with Crippen LogP contribution in [0.1, 0.15) is 44.0 Å². The summed E-state index contributed by atoms with van der Waals surface area (Å²) < 4.78 is 10.6. The third kappa shape index (κ3) is 7.74. The number of benzene rings is 1. The van der Waals surface area contributed by atoms with Crippen molar-refractivity contribution < 1.29 is 9.26 Å². The van der Waals surface area contributed by atoms with E-state index in [0.29, 0.717) is 18.9 Å². The van der Waals surface area contributed by atoms with Gasteiger partial charge in [0.05, 0.1) is 13.7 Å². The first-order valence-corrected chi connectivity index (χ1v) is 9.10. The molecule has 1 heterocycles. The Kier molecular flexibility index (Phi) is 10.8. The van der Waals surface area contributed by atoms with E-state index in [9.17, 15) is 0 Å². The van der Waals surface area contributed by atoms with Crippen molar-refractivity contribution in [2.24, 2.45) is 4.99 Å². The number of para-hydroxylation sites is 1. The summed E-state index contributed by atoms with van der Waals surface area (Å²) >= 11 is 0. The van der Waals surface area contributed by atoms with E-state index in [4.69, 9.17) is 9.26 Å². The number of guanidine groups is 1. The summed E-state index contributed by atoms with van der Waals surface area (Å²) in [6.07, 6.45) is 1.48. The summed E-state index contributed by atoms with van der Waals surface area (Å²) in [6, 6.07) is 8.05. The molecule has 1 aromatic carbocycles. The number of hydrogen-bond acceptors (Lipinski definition) is 5. The fourth-order valence-electron chi connectivity index (χ4n) is 2.43. The Morgan fingerprint density at radius 1 is 1.22 bits per heavy atom. The highest BCUT2D eigenvalue weighted by molar-refractivity contribution is 14.0. The summed E-state index contributed by atoms with van der Waals surface area (Å²) in [5.74, 6) is 3.33. The zero-order chi connectivity index (χ0) is 18.8. The number of nitrogens with zero attached hydrogens (tertiary/aromatic N) is 3. The van der Waals surface area contributed by atoms with E-state index >= 15 is 0 Å². The smallest absolute Gasteiger partial charge is 0.228 e. The van der Waals surface area contributed by atoms with E-state index in [1.807, 2.05) is 39.0 Å². The van der Waals surface area contributed by atoms with E-state index < -0.39 is 0 Å². The van der Waals surface area contributed by atoms with Crippen molar-refractivity contribution in [1.82, 2.24) is 20.8 Å². The summed E-state index contributed by atoms with van der Waals surface area (Å²) in [5, 5.41) is 10.6. The maximum atomic E-state index is 5.39. The normalized spacial score (nSPS) is 11.2. The Labute approximate surface area is 178 Å². The van der Waals surface area contributed by atoms with Crippen molar-refractivity contribution >= 4 is 29.9 Å². The van der Waals surface area contributed by atoms with Crippen molar-refractivity contribution in [2.45, 2.75) is 39.5 Å². The van der Waals surface area contributed by atoms with Gasteiger partial charge in [-0.2, -0.15) is 4.98 Å². The second-order valence-electron chi connectivity index (χ2n) is 6.20. The molecule has 0 saturated heterocycles. The maximum Gasteiger partial charge on any atom is 0.228 e. The van der Waals surface area contributed by atoms with E-state index in [-0.39, 0.29) is 29.9 Å². The molecule has 2 rings (SSSR count). The van der Waals surface area contributed by atoms with E-state index in [2.05, 4.69) is 31.8 Å². The van der Waals surface area contributed by atoms with Crippen LogP contribution in [0.15, 0.2) is 33.8 Å². The highest BCUT2D eigenvalue weighted by Gasteiger charge is 2.09. The van der Waals surface area contributed by atoms with Crippen LogP contribution in [0.5, 0.6) is 5.75 Å². The van der Waals surface area contributed by atoms with Crippen LogP contribution in [0.3, 0.4) is 0 Å². The maximum absolute atomic E-state index is 5.39. The first-order valence-electron chi connectivity index (χ1n) is 9.10. The fraction of sp³-hybridized carbons (Fsp3) is 0.526. The lowest BCUT2D eigenvalue weighted by Gasteiger charge is -2.12. The molecule has 7 nitrogen and oxygen atoms in total. The summed E-state index contributed by atoms with van der Waals surface area (Å²) in [6.45, 7) is 8.29. The van der Waals surface area contributed by atoms with Gasteiger partial charge in [-0.25, -0.2) is 0 Å². The molecular weight excluding hydrogens is 457 g/mol. The minimum atomic E-state index is 0. The fourth-order valence-corrected chi connectivity index (χ4v) is 2.43. The molecule has 0 amide bonds. The molecule has 0 radical (unpaired) electrons. The Balaban J connectivity index is 0.00000364. The molecule has 2 N–H and O–H groups in total. The molecular formula is C19H30IN5O2. The molecule has 8 heteroatoms. The van der Waals surface area contributed by atoms with Gasteiger partial charge in [0.25, 0.3) is 0 Å². The van der Waals surface area contributed by atoms with Gasteiger partial charge in [0.1, 0.15) is 5.75 Å². The molecule has 1 aromatic heterocycles. The third-order valence-corrected chi connectivity index (χ3v) is 3.82. The topological polar surface area (TPSA) is 84.6 Å². The van der Waals surface area contributed by atoms with Crippen LogP contribution in [-0.4, -0.2) is 42.8 Å². The average molecular weight is 487 g/mol. The van der Waals surface area contributed by atoms with E-state index in [0.717, 1.165) is 37.0 Å². The van der Waals surface area contributed by atoms with Gasteiger partial charge in [0.2, 0.25) is 5.89 Å². The molecule has 0 aliphatic rings. The number of halogens is 1. The van der Waals surface area contributed by atoms with Gasteiger partial charge in [-0.1, -0.05) is 37.2 Å². The summed E-state index contributed by atoms with van der Waals surface area (Å²) in [5.41, 5.74) is 1.17. The molecule has 0 saturated carbocycles.